The van der Waals surface area contributed by atoms with E-state index < -0.39 is 0 Å². The molecule has 0 bridgehead atoms. The van der Waals surface area contributed by atoms with Gasteiger partial charge in [0.25, 0.3) is 5.91 Å². The summed E-state index contributed by atoms with van der Waals surface area (Å²) in [6, 6.07) is 7.21. The Balaban J connectivity index is 0.00000361. The topological polar surface area (TPSA) is 84.2 Å². The van der Waals surface area contributed by atoms with Crippen LogP contribution in [0.2, 0.25) is 0 Å². The van der Waals surface area contributed by atoms with Crippen LogP contribution in [0.25, 0.3) is 0 Å². The van der Waals surface area contributed by atoms with Gasteiger partial charge in [0.05, 0.1) is 0 Å². The maximum atomic E-state index is 11.5. The maximum absolute atomic E-state index is 11.5. The lowest BCUT2D eigenvalue weighted by Gasteiger charge is -2.08. The van der Waals surface area contributed by atoms with Crippen molar-refractivity contribution in [3.05, 3.63) is 35.4 Å². The number of amides is 2. The van der Waals surface area contributed by atoms with Crippen LogP contribution in [0.4, 0.5) is 0 Å². The van der Waals surface area contributed by atoms with E-state index in [0.29, 0.717) is 24.9 Å². The Kier molecular flexibility index (Phi) is 8.59. The minimum Gasteiger partial charge on any atom is -0.355 e. The molecule has 5 nitrogen and oxygen atoms in total. The van der Waals surface area contributed by atoms with Gasteiger partial charge in [0, 0.05) is 31.6 Å². The van der Waals surface area contributed by atoms with Crippen LogP contribution < -0.4 is 16.4 Å². The second kappa shape index (κ2) is 9.34. The highest BCUT2D eigenvalue weighted by molar-refractivity contribution is 5.94. The molecule has 1 atom stereocenters. The van der Waals surface area contributed by atoms with Crippen molar-refractivity contribution >= 4 is 24.2 Å². The number of carbonyl (C=O) groups excluding carboxylic acids is 2. The van der Waals surface area contributed by atoms with E-state index in [0.717, 1.165) is 5.56 Å². The summed E-state index contributed by atoms with van der Waals surface area (Å²) in [7, 11) is 1.59. The first kappa shape index (κ1) is 18.4. The van der Waals surface area contributed by atoms with Crippen LogP contribution in [-0.2, 0) is 11.3 Å². The molecule has 0 saturated heterocycles. The normalized spacial score (nSPS) is 11.2. The van der Waals surface area contributed by atoms with Crippen molar-refractivity contribution in [2.24, 2.45) is 5.73 Å². The van der Waals surface area contributed by atoms with Crippen LogP contribution in [0.1, 0.15) is 35.7 Å². The second-order valence-electron chi connectivity index (χ2n) is 4.57. The molecule has 6 heteroatoms. The van der Waals surface area contributed by atoms with Crippen molar-refractivity contribution in [2.45, 2.75) is 32.4 Å². The van der Waals surface area contributed by atoms with E-state index in [1.54, 1.807) is 25.2 Å². The molecule has 1 aromatic carbocycles. The Morgan fingerprint density at radius 3 is 2.65 bits per heavy atom. The monoisotopic (exact) mass is 299 g/mol. The van der Waals surface area contributed by atoms with Crippen LogP contribution in [-0.4, -0.2) is 24.9 Å². The van der Waals surface area contributed by atoms with Gasteiger partial charge in [0.2, 0.25) is 5.91 Å². The molecule has 0 aromatic heterocycles. The summed E-state index contributed by atoms with van der Waals surface area (Å²) < 4.78 is 0. The largest absolute Gasteiger partial charge is 0.355 e. The molecule has 0 radical (unpaired) electrons. The fourth-order valence-corrected chi connectivity index (χ4v) is 1.61. The standard InChI is InChI=1S/C14H21N3O2.ClH/c1-10(15)6-7-13(18)17-9-11-4-3-5-12(8-11)14(19)16-2;/h3-5,8,10H,6-7,9,15H2,1-2H3,(H,16,19)(H,17,18);1H. The Hall–Kier alpha value is -1.59. The van der Waals surface area contributed by atoms with E-state index in [1.165, 1.54) is 0 Å². The predicted octanol–water partition coefficient (Wildman–Crippen LogP) is 1.21. The van der Waals surface area contributed by atoms with Crippen molar-refractivity contribution in [3.63, 3.8) is 0 Å². The van der Waals surface area contributed by atoms with E-state index in [1.807, 2.05) is 13.0 Å². The van der Waals surface area contributed by atoms with Gasteiger partial charge in [0.15, 0.2) is 0 Å². The molecule has 112 valence electrons. The molecule has 1 unspecified atom stereocenters. The zero-order valence-electron chi connectivity index (χ0n) is 11.8. The number of halogens is 1. The van der Waals surface area contributed by atoms with Gasteiger partial charge in [-0.3, -0.25) is 9.59 Å². The first-order valence-corrected chi connectivity index (χ1v) is 6.36. The molecule has 0 aliphatic rings. The molecular weight excluding hydrogens is 278 g/mol. The third-order valence-electron chi connectivity index (χ3n) is 2.73. The van der Waals surface area contributed by atoms with Gasteiger partial charge in [-0.2, -0.15) is 0 Å². The first-order chi connectivity index (χ1) is 9.02. The van der Waals surface area contributed by atoms with Crippen molar-refractivity contribution in [2.75, 3.05) is 7.05 Å². The lowest BCUT2D eigenvalue weighted by Crippen LogP contribution is -2.25. The molecular formula is C14H22ClN3O2. The van der Waals surface area contributed by atoms with Crippen molar-refractivity contribution in [3.8, 4) is 0 Å². The van der Waals surface area contributed by atoms with Crippen LogP contribution >= 0.6 is 12.4 Å². The van der Waals surface area contributed by atoms with Crippen LogP contribution in [0.3, 0.4) is 0 Å². The Morgan fingerprint density at radius 2 is 2.05 bits per heavy atom. The number of benzene rings is 1. The molecule has 0 aliphatic carbocycles. The quantitative estimate of drug-likeness (QED) is 0.738. The number of hydrogen-bond acceptors (Lipinski definition) is 3. The molecule has 0 heterocycles. The lowest BCUT2D eigenvalue weighted by atomic mass is 10.1. The van der Waals surface area contributed by atoms with Crippen LogP contribution in [0, 0.1) is 0 Å². The Morgan fingerprint density at radius 1 is 1.35 bits per heavy atom. The van der Waals surface area contributed by atoms with E-state index in [-0.39, 0.29) is 30.3 Å². The predicted molar refractivity (Wildman–Crippen MR) is 81.8 cm³/mol. The summed E-state index contributed by atoms with van der Waals surface area (Å²) in [5, 5.41) is 5.38. The highest BCUT2D eigenvalue weighted by Crippen LogP contribution is 2.05. The third kappa shape index (κ3) is 6.54. The van der Waals surface area contributed by atoms with Crippen LogP contribution in [0.15, 0.2) is 24.3 Å². The minimum atomic E-state index is -0.134. The number of rotatable bonds is 6. The second-order valence-corrected chi connectivity index (χ2v) is 4.57. The summed E-state index contributed by atoms with van der Waals surface area (Å²) in [6.45, 7) is 2.29. The van der Waals surface area contributed by atoms with E-state index in [9.17, 15) is 9.59 Å². The SMILES string of the molecule is CNC(=O)c1cccc(CNC(=O)CCC(C)N)c1.Cl. The fourth-order valence-electron chi connectivity index (χ4n) is 1.61. The van der Waals surface area contributed by atoms with E-state index in [4.69, 9.17) is 5.73 Å². The third-order valence-corrected chi connectivity index (χ3v) is 2.73. The minimum absolute atomic E-state index is 0. The summed E-state index contributed by atoms with van der Waals surface area (Å²) in [4.78, 5) is 23.0. The van der Waals surface area contributed by atoms with Gasteiger partial charge in [0.1, 0.15) is 0 Å². The number of nitrogens with two attached hydrogens (primary N) is 1. The highest BCUT2D eigenvalue weighted by Gasteiger charge is 2.06. The maximum Gasteiger partial charge on any atom is 0.251 e. The van der Waals surface area contributed by atoms with Gasteiger partial charge >= 0.3 is 0 Å². The number of carbonyl (C=O) groups is 2. The molecule has 20 heavy (non-hydrogen) atoms. The smallest absolute Gasteiger partial charge is 0.251 e. The van der Waals surface area contributed by atoms with Crippen LogP contribution in [0.5, 0.6) is 0 Å². The number of nitrogens with one attached hydrogen (secondary N) is 2. The highest BCUT2D eigenvalue weighted by atomic mass is 35.5. The molecule has 1 aromatic rings. The molecule has 1 rings (SSSR count). The summed E-state index contributed by atoms with van der Waals surface area (Å²) in [5.74, 6) is -0.159. The van der Waals surface area contributed by atoms with E-state index >= 15 is 0 Å². The summed E-state index contributed by atoms with van der Waals surface area (Å²) in [5.41, 5.74) is 7.08. The lowest BCUT2D eigenvalue weighted by molar-refractivity contribution is -0.121. The molecule has 0 saturated carbocycles. The summed E-state index contributed by atoms with van der Waals surface area (Å²) >= 11 is 0. The van der Waals surface area contributed by atoms with Gasteiger partial charge in [-0.1, -0.05) is 12.1 Å². The first-order valence-electron chi connectivity index (χ1n) is 6.36. The average Bonchev–Trinajstić information content (AvgIpc) is 2.42. The Bertz CT molecular complexity index is 450. The van der Waals surface area contributed by atoms with Crippen molar-refractivity contribution in [1.82, 2.24) is 10.6 Å². The van der Waals surface area contributed by atoms with Gasteiger partial charge in [-0.15, -0.1) is 12.4 Å². The van der Waals surface area contributed by atoms with Gasteiger partial charge < -0.3 is 16.4 Å². The van der Waals surface area contributed by atoms with Gasteiger partial charge in [-0.25, -0.2) is 0 Å². The zero-order valence-corrected chi connectivity index (χ0v) is 12.6. The average molecular weight is 300 g/mol. The van der Waals surface area contributed by atoms with Gasteiger partial charge in [-0.05, 0) is 31.0 Å². The molecule has 0 aliphatic heterocycles. The van der Waals surface area contributed by atoms with Crippen molar-refractivity contribution in [1.29, 1.82) is 0 Å². The molecule has 0 spiro atoms. The molecule has 0 fully saturated rings. The molecule has 4 N–H and O–H groups in total. The summed E-state index contributed by atoms with van der Waals surface area (Å²) in [6.07, 6.45) is 1.09. The zero-order chi connectivity index (χ0) is 14.3. The fraction of sp³-hybridized carbons (Fsp3) is 0.429. The van der Waals surface area contributed by atoms with Crippen molar-refractivity contribution < 1.29 is 9.59 Å². The van der Waals surface area contributed by atoms with E-state index in [2.05, 4.69) is 10.6 Å². The Labute approximate surface area is 125 Å². The number of hydrogen-bond donors (Lipinski definition) is 3. The molecule has 2 amide bonds.